The molecule has 3 atom stereocenters. The van der Waals surface area contributed by atoms with Gasteiger partial charge in [-0.15, -0.1) is 0 Å². The van der Waals surface area contributed by atoms with Crippen LogP contribution in [0.3, 0.4) is 0 Å². The van der Waals surface area contributed by atoms with Gasteiger partial charge < -0.3 is 10.1 Å². The van der Waals surface area contributed by atoms with Crippen LogP contribution in [0.4, 0.5) is 0 Å². The van der Waals surface area contributed by atoms with Crippen molar-refractivity contribution in [2.45, 2.75) is 31.9 Å². The second-order valence-corrected chi connectivity index (χ2v) is 4.68. The zero-order valence-electron chi connectivity index (χ0n) is 8.94. The highest BCUT2D eigenvalue weighted by molar-refractivity contribution is 5.17. The van der Waals surface area contributed by atoms with E-state index >= 15 is 0 Å². The van der Waals surface area contributed by atoms with E-state index in [1.165, 1.54) is 24.9 Å². The smallest absolute Gasteiger partial charge is 0.213 e. The Kier molecular flexibility index (Phi) is 2.13. The van der Waals surface area contributed by atoms with Gasteiger partial charge in [0.05, 0.1) is 0 Å². The van der Waals surface area contributed by atoms with Gasteiger partial charge in [-0.2, -0.15) is 0 Å². The molecule has 1 aromatic rings. The molecule has 1 aromatic heterocycles. The molecule has 2 aliphatic rings. The van der Waals surface area contributed by atoms with E-state index in [4.69, 9.17) is 4.74 Å². The summed E-state index contributed by atoms with van der Waals surface area (Å²) in [5, 5.41) is 3.48. The van der Waals surface area contributed by atoms with E-state index in [1.807, 2.05) is 25.3 Å². The number of nitrogens with zero attached hydrogens (tertiary/aromatic N) is 1. The molecule has 1 N–H and O–H groups in total. The van der Waals surface area contributed by atoms with Gasteiger partial charge in [-0.3, -0.25) is 0 Å². The Hall–Kier alpha value is -1.09. The molecule has 2 fully saturated rings. The van der Waals surface area contributed by atoms with Crippen molar-refractivity contribution in [1.29, 1.82) is 0 Å². The monoisotopic (exact) mass is 204 g/mol. The maximum absolute atomic E-state index is 5.89. The summed E-state index contributed by atoms with van der Waals surface area (Å²) in [5.74, 6) is 1.59. The largest absolute Gasteiger partial charge is 0.473 e. The van der Waals surface area contributed by atoms with Gasteiger partial charge in [0.2, 0.25) is 5.88 Å². The molecule has 0 radical (unpaired) electrons. The number of fused-ring (bicyclic) bond motifs is 2. The fraction of sp³-hybridized carbons (Fsp3) is 0.583. The molecule has 0 amide bonds. The number of rotatable bonds is 2. The van der Waals surface area contributed by atoms with E-state index in [2.05, 4.69) is 10.3 Å². The molecule has 15 heavy (non-hydrogen) atoms. The SMILES string of the molecule is Cc1ccc(O[C@@H]2C[C@@H]3CN[C@H]2C3)nc1. The van der Waals surface area contributed by atoms with E-state index in [0.29, 0.717) is 12.1 Å². The maximum atomic E-state index is 5.89. The minimum Gasteiger partial charge on any atom is -0.473 e. The van der Waals surface area contributed by atoms with Crippen LogP contribution in [-0.2, 0) is 0 Å². The summed E-state index contributed by atoms with van der Waals surface area (Å²) in [5.41, 5.74) is 1.17. The van der Waals surface area contributed by atoms with Crippen LogP contribution in [0, 0.1) is 12.8 Å². The summed E-state index contributed by atoms with van der Waals surface area (Å²) >= 11 is 0. The van der Waals surface area contributed by atoms with Crippen molar-refractivity contribution >= 4 is 0 Å². The third kappa shape index (κ3) is 1.72. The lowest BCUT2D eigenvalue weighted by molar-refractivity contribution is 0.152. The molecule has 0 spiro atoms. The minimum atomic E-state index is 0.332. The second-order valence-electron chi connectivity index (χ2n) is 4.68. The van der Waals surface area contributed by atoms with Crippen LogP contribution in [-0.4, -0.2) is 23.7 Å². The lowest BCUT2D eigenvalue weighted by atomic mass is 10.1. The Labute approximate surface area is 89.9 Å². The molecule has 0 aromatic carbocycles. The van der Waals surface area contributed by atoms with E-state index in [1.54, 1.807) is 0 Å². The average molecular weight is 204 g/mol. The summed E-state index contributed by atoms with van der Waals surface area (Å²) in [6, 6.07) is 4.56. The Morgan fingerprint density at radius 3 is 2.93 bits per heavy atom. The van der Waals surface area contributed by atoms with Gasteiger partial charge in [0.15, 0.2) is 0 Å². The van der Waals surface area contributed by atoms with Crippen molar-refractivity contribution < 1.29 is 4.74 Å². The predicted octanol–water partition coefficient (Wildman–Crippen LogP) is 1.52. The first-order valence-corrected chi connectivity index (χ1v) is 5.64. The number of hydrogen-bond donors (Lipinski definition) is 1. The first-order chi connectivity index (χ1) is 7.31. The second kappa shape index (κ2) is 3.49. The van der Waals surface area contributed by atoms with Crippen LogP contribution in [0.2, 0.25) is 0 Å². The topological polar surface area (TPSA) is 34.1 Å². The lowest BCUT2D eigenvalue weighted by Gasteiger charge is -2.23. The van der Waals surface area contributed by atoms with Crippen molar-refractivity contribution in [3.8, 4) is 5.88 Å². The summed E-state index contributed by atoms with van der Waals surface area (Å²) < 4.78 is 5.89. The fourth-order valence-corrected chi connectivity index (χ4v) is 2.61. The Morgan fingerprint density at radius 2 is 2.33 bits per heavy atom. The lowest BCUT2D eigenvalue weighted by Crippen LogP contribution is -2.40. The van der Waals surface area contributed by atoms with Crippen molar-refractivity contribution in [2.24, 2.45) is 5.92 Å². The zero-order chi connectivity index (χ0) is 10.3. The number of piperidine rings is 1. The third-order valence-corrected chi connectivity index (χ3v) is 3.43. The predicted molar refractivity (Wildman–Crippen MR) is 57.9 cm³/mol. The van der Waals surface area contributed by atoms with E-state index in [-0.39, 0.29) is 0 Å². The molecule has 1 saturated carbocycles. The molecular formula is C12H16N2O. The van der Waals surface area contributed by atoms with E-state index in [9.17, 15) is 0 Å². The molecule has 2 bridgehead atoms. The van der Waals surface area contributed by atoms with E-state index in [0.717, 1.165) is 11.8 Å². The standard InChI is InChI=1S/C12H16N2O/c1-8-2-3-12(14-6-8)15-11-5-9-4-10(11)13-7-9/h2-3,6,9-11,13H,4-5,7H2,1H3/t9-,10+,11-/m1/s1. The number of ether oxygens (including phenoxy) is 1. The minimum absolute atomic E-state index is 0.332. The van der Waals surface area contributed by atoms with Gasteiger partial charge in [0.25, 0.3) is 0 Å². The third-order valence-electron chi connectivity index (χ3n) is 3.43. The van der Waals surface area contributed by atoms with Crippen molar-refractivity contribution in [1.82, 2.24) is 10.3 Å². The first-order valence-electron chi connectivity index (χ1n) is 5.64. The summed E-state index contributed by atoms with van der Waals surface area (Å²) in [6.45, 7) is 3.21. The fourth-order valence-electron chi connectivity index (χ4n) is 2.61. The Morgan fingerprint density at radius 1 is 1.40 bits per heavy atom. The van der Waals surface area contributed by atoms with E-state index < -0.39 is 0 Å². The summed E-state index contributed by atoms with van der Waals surface area (Å²) in [4.78, 5) is 4.28. The molecular weight excluding hydrogens is 188 g/mol. The van der Waals surface area contributed by atoms with Gasteiger partial charge in [0.1, 0.15) is 6.10 Å². The molecule has 3 rings (SSSR count). The number of hydrogen-bond acceptors (Lipinski definition) is 3. The van der Waals surface area contributed by atoms with Crippen molar-refractivity contribution in [2.75, 3.05) is 6.54 Å². The number of nitrogens with one attached hydrogen (secondary N) is 1. The maximum Gasteiger partial charge on any atom is 0.213 e. The first kappa shape index (κ1) is 9.16. The molecule has 1 saturated heterocycles. The number of pyridine rings is 1. The highest BCUT2D eigenvalue weighted by Gasteiger charge is 2.40. The average Bonchev–Trinajstić information content (AvgIpc) is 2.83. The number of aromatic nitrogens is 1. The normalized spacial score (nSPS) is 33.3. The molecule has 1 aliphatic carbocycles. The summed E-state index contributed by atoms with van der Waals surface area (Å²) in [6.07, 6.45) is 4.65. The quantitative estimate of drug-likeness (QED) is 0.793. The Balaban J connectivity index is 1.68. The highest BCUT2D eigenvalue weighted by atomic mass is 16.5. The molecule has 2 heterocycles. The van der Waals surface area contributed by atoms with Gasteiger partial charge in [-0.25, -0.2) is 4.98 Å². The highest BCUT2D eigenvalue weighted by Crippen LogP contribution is 2.33. The summed E-state index contributed by atoms with van der Waals surface area (Å²) in [7, 11) is 0. The molecule has 3 heteroatoms. The van der Waals surface area contributed by atoms with Crippen LogP contribution < -0.4 is 10.1 Å². The molecule has 1 aliphatic heterocycles. The molecule has 80 valence electrons. The van der Waals surface area contributed by atoms with Gasteiger partial charge in [-0.05, 0) is 37.8 Å². The van der Waals surface area contributed by atoms with Gasteiger partial charge in [0, 0.05) is 18.3 Å². The van der Waals surface area contributed by atoms with Crippen molar-refractivity contribution in [3.63, 3.8) is 0 Å². The van der Waals surface area contributed by atoms with Crippen LogP contribution >= 0.6 is 0 Å². The van der Waals surface area contributed by atoms with Gasteiger partial charge >= 0.3 is 0 Å². The van der Waals surface area contributed by atoms with Gasteiger partial charge in [-0.1, -0.05) is 6.07 Å². The molecule has 0 unspecified atom stereocenters. The van der Waals surface area contributed by atoms with Crippen LogP contribution in [0.15, 0.2) is 18.3 Å². The number of aryl methyl sites for hydroxylation is 1. The zero-order valence-corrected chi connectivity index (χ0v) is 8.94. The van der Waals surface area contributed by atoms with Crippen LogP contribution in [0.5, 0.6) is 5.88 Å². The Bertz CT molecular complexity index is 349. The van der Waals surface area contributed by atoms with Crippen LogP contribution in [0.1, 0.15) is 18.4 Å². The van der Waals surface area contributed by atoms with Crippen molar-refractivity contribution in [3.05, 3.63) is 23.9 Å². The van der Waals surface area contributed by atoms with Crippen LogP contribution in [0.25, 0.3) is 0 Å². The molecule has 3 nitrogen and oxygen atoms in total.